The maximum Gasteiger partial charge on any atom is 0.216 e. The number of benzene rings is 1. The second-order valence-electron chi connectivity index (χ2n) is 13.2. The molecule has 2 saturated carbocycles. The normalized spacial score (nSPS) is 37.8. The first-order valence-corrected chi connectivity index (χ1v) is 16.7. The fourth-order valence-electron chi connectivity index (χ4n) is 7.58. The van der Waals surface area contributed by atoms with Gasteiger partial charge in [0.1, 0.15) is 12.5 Å². The van der Waals surface area contributed by atoms with Crippen molar-refractivity contribution < 1.29 is 18.3 Å². The van der Waals surface area contributed by atoms with Crippen LogP contribution in [-0.2, 0) is 14.8 Å². The van der Waals surface area contributed by atoms with E-state index in [9.17, 15) is 13.5 Å². The number of aryl methyl sites for hydroxylation is 2. The Kier molecular flexibility index (Phi) is 9.38. The molecule has 8 nitrogen and oxygen atoms in total. The van der Waals surface area contributed by atoms with Gasteiger partial charge in [0.2, 0.25) is 10.0 Å². The number of aliphatic hydroxyl groups is 1. The van der Waals surface area contributed by atoms with Crippen molar-refractivity contribution in [2.75, 3.05) is 19.8 Å². The van der Waals surface area contributed by atoms with E-state index in [0.717, 1.165) is 45.1 Å². The van der Waals surface area contributed by atoms with Crippen LogP contribution in [0.4, 0.5) is 0 Å². The lowest BCUT2D eigenvalue weighted by Crippen LogP contribution is -2.64. The van der Waals surface area contributed by atoms with E-state index in [1.54, 1.807) is 0 Å². The Morgan fingerprint density at radius 3 is 2.51 bits per heavy atom. The van der Waals surface area contributed by atoms with Crippen molar-refractivity contribution in [3.63, 3.8) is 0 Å². The molecular weight excluding hydrogens is 512 g/mol. The lowest BCUT2D eigenvalue weighted by atomic mass is 9.78. The van der Waals surface area contributed by atoms with Gasteiger partial charge in [-0.15, -0.1) is 0 Å². The highest BCUT2D eigenvalue weighted by Crippen LogP contribution is 2.38. The van der Waals surface area contributed by atoms with Gasteiger partial charge >= 0.3 is 0 Å². The molecule has 4 aliphatic rings. The quantitative estimate of drug-likeness (QED) is 0.435. The van der Waals surface area contributed by atoms with E-state index in [0.29, 0.717) is 43.2 Å². The third-order valence-corrected chi connectivity index (χ3v) is 11.5. The van der Waals surface area contributed by atoms with E-state index < -0.39 is 16.3 Å². The fraction of sp³-hybridized carbons (Fsp3) is 0.800. The van der Waals surface area contributed by atoms with Crippen LogP contribution in [0.1, 0.15) is 87.9 Å². The molecule has 220 valence electrons. The van der Waals surface area contributed by atoms with E-state index in [1.807, 2.05) is 0 Å². The zero-order chi connectivity index (χ0) is 27.7. The number of nitrogens with one attached hydrogen (secondary N) is 3. The first-order valence-electron chi connectivity index (χ1n) is 15.2. The molecule has 9 heteroatoms. The molecule has 4 fully saturated rings. The van der Waals surface area contributed by atoms with Gasteiger partial charge in [0.05, 0.1) is 11.9 Å². The zero-order valence-electron chi connectivity index (χ0n) is 24.2. The van der Waals surface area contributed by atoms with E-state index in [-0.39, 0.29) is 30.2 Å². The number of sulfonamides is 1. The number of hydrogen-bond acceptors (Lipinski definition) is 7. The molecule has 5 unspecified atom stereocenters. The van der Waals surface area contributed by atoms with Crippen LogP contribution < -0.4 is 15.4 Å². The summed E-state index contributed by atoms with van der Waals surface area (Å²) in [7, 11) is -3.53. The smallest absolute Gasteiger partial charge is 0.216 e. The molecule has 39 heavy (non-hydrogen) atoms. The second kappa shape index (κ2) is 12.4. The van der Waals surface area contributed by atoms with Gasteiger partial charge in [-0.05, 0) is 86.8 Å². The van der Waals surface area contributed by atoms with E-state index >= 15 is 0 Å². The molecule has 0 radical (unpaired) electrons. The standard InChI is InChI=1S/C30H50N4O4S/c1-19(2)11-25-18-38-28-15-27(29-20(3)7-5-8-21(29)4)31-30(32-28)33-39(36,37)26-10-6-9-22(14-26)16-34(25)24-12-23(13-24)17-35/h5,7-8,19,22-28,30-33,35H,6,9-18H2,1-4H3/t22?,23?,24?,25-,26?,27?,28?,30?/m1/s1. The molecule has 0 aromatic heterocycles. The molecule has 2 aliphatic carbocycles. The van der Waals surface area contributed by atoms with Gasteiger partial charge in [0.15, 0.2) is 0 Å². The van der Waals surface area contributed by atoms with Crippen LogP contribution in [0.15, 0.2) is 18.2 Å². The maximum absolute atomic E-state index is 13.7. The van der Waals surface area contributed by atoms with Crippen LogP contribution in [0.25, 0.3) is 0 Å². The van der Waals surface area contributed by atoms with Crippen LogP contribution in [0, 0.1) is 31.6 Å². The van der Waals surface area contributed by atoms with Crippen LogP contribution in [0.2, 0.25) is 0 Å². The highest BCUT2D eigenvalue weighted by Gasteiger charge is 2.42. The average molecular weight is 563 g/mol. The molecule has 1 aromatic rings. The molecule has 4 bridgehead atoms. The summed E-state index contributed by atoms with van der Waals surface area (Å²) in [6, 6.07) is 7.01. The Morgan fingerprint density at radius 1 is 1.08 bits per heavy atom. The zero-order valence-corrected chi connectivity index (χ0v) is 25.1. The molecule has 2 aliphatic heterocycles. The molecule has 6 atom stereocenters. The van der Waals surface area contributed by atoms with Crippen LogP contribution in [0.5, 0.6) is 0 Å². The van der Waals surface area contributed by atoms with Crippen LogP contribution in [0.3, 0.4) is 0 Å². The minimum absolute atomic E-state index is 0.0222. The summed E-state index contributed by atoms with van der Waals surface area (Å²) in [5.74, 6) is 1.27. The number of ether oxygens (including phenoxy) is 1. The molecule has 2 heterocycles. The number of nitrogens with zero attached hydrogens (tertiary/aromatic N) is 1. The van der Waals surface area contributed by atoms with Gasteiger partial charge in [-0.1, -0.05) is 38.5 Å². The van der Waals surface area contributed by atoms with Crippen molar-refractivity contribution >= 4 is 10.0 Å². The first kappa shape index (κ1) is 29.4. The third kappa shape index (κ3) is 6.88. The van der Waals surface area contributed by atoms with Crippen molar-refractivity contribution in [2.45, 2.75) is 115 Å². The van der Waals surface area contributed by atoms with Gasteiger partial charge < -0.3 is 9.84 Å². The van der Waals surface area contributed by atoms with Gasteiger partial charge in [0.25, 0.3) is 0 Å². The molecular formula is C30H50N4O4S. The van der Waals surface area contributed by atoms with E-state index in [1.165, 1.54) is 16.7 Å². The summed E-state index contributed by atoms with van der Waals surface area (Å²) in [4.78, 5) is 2.65. The van der Waals surface area contributed by atoms with Crippen molar-refractivity contribution in [1.82, 2.24) is 20.3 Å². The van der Waals surface area contributed by atoms with E-state index in [2.05, 4.69) is 66.1 Å². The summed E-state index contributed by atoms with van der Waals surface area (Å²) < 4.78 is 37.1. The largest absolute Gasteiger partial charge is 0.396 e. The van der Waals surface area contributed by atoms with Crippen molar-refractivity contribution in [3.05, 3.63) is 34.9 Å². The van der Waals surface area contributed by atoms with Crippen molar-refractivity contribution in [2.24, 2.45) is 17.8 Å². The highest BCUT2D eigenvalue weighted by molar-refractivity contribution is 7.90. The Labute approximate surface area is 235 Å². The number of rotatable bonds is 5. The monoisotopic (exact) mass is 562 g/mol. The molecule has 0 spiro atoms. The first-order chi connectivity index (χ1) is 18.6. The number of aliphatic hydroxyl groups excluding tert-OH is 1. The van der Waals surface area contributed by atoms with E-state index in [4.69, 9.17) is 4.74 Å². The average Bonchev–Trinajstić information content (AvgIpc) is 2.85. The number of fused-ring (bicyclic) bond motifs is 4. The van der Waals surface area contributed by atoms with Gasteiger partial charge in [0, 0.05) is 37.7 Å². The topological polar surface area (TPSA) is 103 Å². The Morgan fingerprint density at radius 2 is 1.82 bits per heavy atom. The van der Waals surface area contributed by atoms with Crippen LogP contribution in [-0.4, -0.2) is 68.0 Å². The molecule has 5 rings (SSSR count). The molecule has 2 saturated heterocycles. The van der Waals surface area contributed by atoms with Crippen LogP contribution >= 0.6 is 0 Å². The summed E-state index contributed by atoms with van der Waals surface area (Å²) in [5, 5.41) is 16.4. The van der Waals surface area contributed by atoms with Gasteiger partial charge in [-0.3, -0.25) is 15.5 Å². The maximum atomic E-state index is 13.7. The highest BCUT2D eigenvalue weighted by atomic mass is 32.2. The summed E-state index contributed by atoms with van der Waals surface area (Å²) >= 11 is 0. The van der Waals surface area contributed by atoms with Crippen molar-refractivity contribution in [1.29, 1.82) is 0 Å². The Bertz CT molecular complexity index is 1060. The SMILES string of the molecule is Cc1cccc(C)c1C1CC2NC(N1)NS(=O)(=O)C1CCCC(C1)CN(C1CC(CO)C1)[C@H](CC(C)C)CO2. The molecule has 1 aromatic carbocycles. The predicted octanol–water partition coefficient (Wildman–Crippen LogP) is 3.53. The summed E-state index contributed by atoms with van der Waals surface area (Å²) in [5.41, 5.74) is 3.63. The molecule has 4 N–H and O–H groups in total. The minimum Gasteiger partial charge on any atom is -0.396 e. The van der Waals surface area contributed by atoms with Gasteiger partial charge in [-0.25, -0.2) is 8.42 Å². The second-order valence-corrected chi connectivity index (χ2v) is 15.1. The summed E-state index contributed by atoms with van der Waals surface area (Å²) in [6.45, 7) is 10.6. The Balaban J connectivity index is 1.46. The Hall–Kier alpha value is -1.07. The number of hydrogen-bond donors (Lipinski definition) is 4. The lowest BCUT2D eigenvalue weighted by Gasteiger charge is -2.48. The lowest BCUT2D eigenvalue weighted by molar-refractivity contribution is -0.0699. The molecule has 0 amide bonds. The van der Waals surface area contributed by atoms with Crippen molar-refractivity contribution in [3.8, 4) is 0 Å². The predicted molar refractivity (Wildman–Crippen MR) is 154 cm³/mol. The van der Waals surface area contributed by atoms with Gasteiger partial charge in [-0.2, -0.15) is 4.72 Å². The third-order valence-electron chi connectivity index (χ3n) is 9.63. The summed E-state index contributed by atoms with van der Waals surface area (Å²) in [6.07, 6.45) is 6.37. The fourth-order valence-corrected chi connectivity index (χ4v) is 9.24. The minimum atomic E-state index is -3.53.